The van der Waals surface area contributed by atoms with Crippen LogP contribution in [-0.2, 0) is 39.1 Å². The molecule has 0 N–H and O–H groups in total. The minimum atomic E-state index is 0. The van der Waals surface area contributed by atoms with E-state index in [1.165, 1.54) is 41.5 Å². The van der Waals surface area contributed by atoms with Gasteiger partial charge >= 0.3 is 0 Å². The molecule has 37 heavy (non-hydrogen) atoms. The first-order valence-electron chi connectivity index (χ1n) is 13.8. The van der Waals surface area contributed by atoms with Crippen molar-refractivity contribution >= 4 is 0 Å². The van der Waals surface area contributed by atoms with E-state index in [1.807, 2.05) is 62.4 Å². The zero-order valence-electron chi connectivity index (χ0n) is 24.6. The fraction of sp³-hybridized carbons (Fsp3) is 0.333. The van der Waals surface area contributed by atoms with Gasteiger partial charge in [-0.2, -0.15) is 48.5 Å². The molecule has 0 aliphatic heterocycles. The van der Waals surface area contributed by atoms with E-state index in [4.69, 9.17) is 0 Å². The third-order valence-electron chi connectivity index (χ3n) is 4.41. The van der Waals surface area contributed by atoms with Gasteiger partial charge in [0.2, 0.25) is 0 Å². The Kier molecular flexibility index (Phi) is 25.7. The summed E-state index contributed by atoms with van der Waals surface area (Å²) in [6.07, 6.45) is 4.85. The van der Waals surface area contributed by atoms with E-state index >= 15 is 0 Å². The predicted molar refractivity (Wildman–Crippen MR) is 163 cm³/mol. The Bertz CT molecular complexity index is 921. The van der Waals surface area contributed by atoms with Gasteiger partial charge in [0.1, 0.15) is 0 Å². The quantitative estimate of drug-likeness (QED) is 0.176. The number of hydrogen-bond acceptors (Lipinski definition) is 0. The second-order valence-electron chi connectivity index (χ2n) is 8.16. The van der Waals surface area contributed by atoms with Gasteiger partial charge in [0.25, 0.3) is 0 Å². The molecular weight excluding hydrogens is 521 g/mol. The van der Waals surface area contributed by atoms with E-state index in [1.54, 1.807) is 0 Å². The van der Waals surface area contributed by atoms with Gasteiger partial charge < -0.3 is 0 Å². The van der Waals surface area contributed by atoms with Crippen molar-refractivity contribution in [3.05, 3.63) is 120 Å². The molecule has 0 saturated heterocycles. The molecule has 1 radical (unpaired) electrons. The maximum Gasteiger partial charge on any atom is 0 e. The van der Waals surface area contributed by atoms with Gasteiger partial charge in [0.05, 0.1) is 0 Å². The molecule has 0 atom stereocenters. The van der Waals surface area contributed by atoms with Crippen LogP contribution in [0.5, 0.6) is 0 Å². The van der Waals surface area contributed by atoms with E-state index in [-0.39, 0.29) is 32.7 Å². The summed E-state index contributed by atoms with van der Waals surface area (Å²) in [5, 5.41) is 0. The SMILES string of the molecule is CC.CCC.CCC.CCC.[Y].[c-]1ccccc1-c1[c-]cccc1.c1ccc2c(c1)Cc1ccccc1-2. The first-order chi connectivity index (χ1) is 17.7. The molecular formula is C36H48Y-2. The Morgan fingerprint density at radius 2 is 0.784 bits per heavy atom. The molecule has 4 aromatic rings. The molecule has 4 aromatic carbocycles. The van der Waals surface area contributed by atoms with Gasteiger partial charge in [-0.1, -0.05) is 123 Å². The summed E-state index contributed by atoms with van der Waals surface area (Å²) in [7, 11) is 0. The standard InChI is InChI=1S/C13H10.C12H8.3C3H8.C2H6.Y/c1-3-7-12-10(5-1)9-11-6-2-4-8-13(11)12;1-3-7-11(8-4-1)12-9-5-2-6-10-12;3*1-3-2;1-2;/h1-8H,9H2;1-7,9H;3*3H2,1-2H3;1-2H3;/q;-2;;;;;. The van der Waals surface area contributed by atoms with Crippen LogP contribution in [0.15, 0.2) is 97.1 Å². The number of benzene rings is 4. The summed E-state index contributed by atoms with van der Waals surface area (Å²) in [6.45, 7) is 16.8. The monoisotopic (exact) mass is 569 g/mol. The molecule has 1 aliphatic rings. The van der Waals surface area contributed by atoms with Gasteiger partial charge in [-0.05, 0) is 28.7 Å². The van der Waals surface area contributed by atoms with E-state index in [9.17, 15) is 0 Å². The minimum Gasteiger partial charge on any atom is -0.226 e. The molecule has 0 nitrogen and oxygen atoms in total. The molecule has 1 heteroatoms. The van der Waals surface area contributed by atoms with Crippen LogP contribution in [-0.4, -0.2) is 0 Å². The van der Waals surface area contributed by atoms with Crippen molar-refractivity contribution in [2.75, 3.05) is 0 Å². The van der Waals surface area contributed by atoms with Crippen molar-refractivity contribution in [3.8, 4) is 22.3 Å². The maximum atomic E-state index is 3.15. The molecule has 5 rings (SSSR count). The van der Waals surface area contributed by atoms with Crippen LogP contribution in [0.2, 0.25) is 0 Å². The van der Waals surface area contributed by atoms with Crippen LogP contribution in [0.4, 0.5) is 0 Å². The Morgan fingerprint density at radius 3 is 1.08 bits per heavy atom. The Labute approximate surface area is 254 Å². The topological polar surface area (TPSA) is 0 Å². The number of fused-ring (bicyclic) bond motifs is 3. The average Bonchev–Trinajstić information content (AvgIpc) is 3.32. The molecule has 0 aromatic heterocycles. The molecule has 0 heterocycles. The van der Waals surface area contributed by atoms with Crippen molar-refractivity contribution in [3.63, 3.8) is 0 Å². The van der Waals surface area contributed by atoms with Crippen LogP contribution in [0.25, 0.3) is 22.3 Å². The molecule has 1 aliphatic carbocycles. The summed E-state index contributed by atoms with van der Waals surface area (Å²) >= 11 is 0. The minimum absolute atomic E-state index is 0. The predicted octanol–water partition coefficient (Wildman–Crippen LogP) is 11.5. The molecule has 197 valence electrons. The summed E-state index contributed by atoms with van der Waals surface area (Å²) < 4.78 is 0. The van der Waals surface area contributed by atoms with Gasteiger partial charge in [-0.25, -0.2) is 11.1 Å². The molecule has 0 bridgehead atoms. The van der Waals surface area contributed by atoms with E-state index in [0.29, 0.717) is 0 Å². The first-order valence-corrected chi connectivity index (χ1v) is 13.8. The molecule has 0 saturated carbocycles. The van der Waals surface area contributed by atoms with E-state index in [0.717, 1.165) is 17.5 Å². The third kappa shape index (κ3) is 15.1. The summed E-state index contributed by atoms with van der Waals surface area (Å²) in [4.78, 5) is 0. The van der Waals surface area contributed by atoms with Crippen molar-refractivity contribution in [2.45, 2.75) is 81.1 Å². The second-order valence-corrected chi connectivity index (χ2v) is 8.16. The van der Waals surface area contributed by atoms with Crippen LogP contribution in [0.1, 0.15) is 85.8 Å². The van der Waals surface area contributed by atoms with Crippen LogP contribution in [0, 0.1) is 12.1 Å². The summed E-state index contributed by atoms with van der Waals surface area (Å²) in [5.41, 5.74) is 7.94. The van der Waals surface area contributed by atoms with E-state index < -0.39 is 0 Å². The van der Waals surface area contributed by atoms with Crippen molar-refractivity contribution in [1.29, 1.82) is 0 Å². The largest absolute Gasteiger partial charge is 0.226 e. The third-order valence-corrected chi connectivity index (χ3v) is 4.41. The summed E-state index contributed by atoms with van der Waals surface area (Å²) in [6, 6.07) is 39.5. The van der Waals surface area contributed by atoms with Gasteiger partial charge in [0, 0.05) is 32.7 Å². The zero-order valence-corrected chi connectivity index (χ0v) is 27.5. The maximum absolute atomic E-state index is 3.15. The second kappa shape index (κ2) is 25.6. The number of hydrogen-bond donors (Lipinski definition) is 0. The Hall–Kier alpha value is -2.02. The van der Waals surface area contributed by atoms with Crippen molar-refractivity contribution in [2.24, 2.45) is 0 Å². The fourth-order valence-corrected chi connectivity index (χ4v) is 3.20. The normalized spacial score (nSPS) is 9.08. The zero-order chi connectivity index (χ0) is 27.0. The van der Waals surface area contributed by atoms with Gasteiger partial charge in [-0.3, -0.25) is 0 Å². The Balaban J connectivity index is 0. The average molecular weight is 570 g/mol. The molecule has 0 amide bonds. The van der Waals surface area contributed by atoms with Crippen LogP contribution < -0.4 is 0 Å². The Morgan fingerprint density at radius 1 is 0.486 bits per heavy atom. The van der Waals surface area contributed by atoms with E-state index in [2.05, 4.69) is 102 Å². The first kappa shape index (κ1) is 37.1. The molecule has 0 fully saturated rings. The van der Waals surface area contributed by atoms with Gasteiger partial charge in [0.15, 0.2) is 0 Å². The molecule has 0 spiro atoms. The van der Waals surface area contributed by atoms with Gasteiger partial charge in [-0.15, -0.1) is 12.1 Å². The number of rotatable bonds is 1. The molecule has 0 unspecified atom stereocenters. The van der Waals surface area contributed by atoms with Crippen molar-refractivity contribution in [1.82, 2.24) is 0 Å². The van der Waals surface area contributed by atoms with Crippen LogP contribution >= 0.6 is 0 Å². The smallest absolute Gasteiger partial charge is 0 e. The van der Waals surface area contributed by atoms with Crippen molar-refractivity contribution < 1.29 is 32.7 Å². The fourth-order valence-electron chi connectivity index (χ4n) is 3.20. The summed E-state index contributed by atoms with van der Waals surface area (Å²) in [5.74, 6) is 0. The van der Waals surface area contributed by atoms with Crippen LogP contribution in [0.3, 0.4) is 0 Å².